The van der Waals surface area contributed by atoms with Gasteiger partial charge in [0.1, 0.15) is 16.8 Å². The van der Waals surface area contributed by atoms with Gasteiger partial charge in [-0.2, -0.15) is 0 Å². The average molecular weight is 305 g/mol. The molecule has 5 nitrogen and oxygen atoms in total. The van der Waals surface area contributed by atoms with Crippen molar-refractivity contribution in [3.63, 3.8) is 0 Å². The molecule has 106 valence electrons. The summed E-state index contributed by atoms with van der Waals surface area (Å²) < 4.78 is 13.1. The zero-order valence-electron chi connectivity index (χ0n) is 10.9. The Kier molecular flexibility index (Phi) is 3.31. The molecule has 0 saturated heterocycles. The molecule has 2 aromatic heterocycles. The monoisotopic (exact) mass is 304 g/mol. The summed E-state index contributed by atoms with van der Waals surface area (Å²) in [6.45, 7) is 1.84. The highest BCUT2D eigenvalue weighted by Crippen LogP contribution is 2.19. The SMILES string of the molecule is Cc1nc2ccc(NC(=O)c3cc(F)cnc3Cl)cc2[nH]1. The number of fused-ring (bicyclic) bond motifs is 1. The largest absolute Gasteiger partial charge is 0.342 e. The van der Waals surface area contributed by atoms with Crippen LogP contribution < -0.4 is 5.32 Å². The fourth-order valence-corrected chi connectivity index (χ4v) is 2.18. The van der Waals surface area contributed by atoms with Crippen LogP contribution in [0.2, 0.25) is 5.15 Å². The molecule has 0 fully saturated rings. The smallest absolute Gasteiger partial charge is 0.258 e. The van der Waals surface area contributed by atoms with Gasteiger partial charge < -0.3 is 10.3 Å². The van der Waals surface area contributed by atoms with E-state index >= 15 is 0 Å². The molecule has 0 spiro atoms. The lowest BCUT2D eigenvalue weighted by Gasteiger charge is -2.06. The van der Waals surface area contributed by atoms with Gasteiger partial charge in [0.2, 0.25) is 0 Å². The molecule has 0 aliphatic carbocycles. The number of amides is 1. The number of hydrogen-bond donors (Lipinski definition) is 2. The van der Waals surface area contributed by atoms with E-state index in [1.807, 2.05) is 6.92 Å². The topological polar surface area (TPSA) is 70.7 Å². The van der Waals surface area contributed by atoms with Crippen LogP contribution in [0.5, 0.6) is 0 Å². The van der Waals surface area contributed by atoms with Crippen molar-refractivity contribution < 1.29 is 9.18 Å². The lowest BCUT2D eigenvalue weighted by Crippen LogP contribution is -2.13. The van der Waals surface area contributed by atoms with Gasteiger partial charge in [0.05, 0.1) is 22.8 Å². The van der Waals surface area contributed by atoms with Crippen molar-refractivity contribution in [3.05, 3.63) is 52.8 Å². The Labute approximate surface area is 124 Å². The number of nitrogens with one attached hydrogen (secondary N) is 2. The molecule has 7 heteroatoms. The Morgan fingerprint density at radius 3 is 3.00 bits per heavy atom. The summed E-state index contributed by atoms with van der Waals surface area (Å²) in [5, 5.41) is 2.60. The number of aromatic amines is 1. The van der Waals surface area contributed by atoms with Crippen molar-refractivity contribution in [2.24, 2.45) is 0 Å². The summed E-state index contributed by atoms with van der Waals surface area (Å²) in [5.41, 5.74) is 2.14. The first kappa shape index (κ1) is 13.5. The third-order valence-corrected chi connectivity index (χ3v) is 3.21. The summed E-state index contributed by atoms with van der Waals surface area (Å²) in [4.78, 5) is 23.0. The minimum absolute atomic E-state index is 0.0162. The molecule has 0 saturated carbocycles. The lowest BCUT2D eigenvalue weighted by atomic mass is 10.2. The van der Waals surface area contributed by atoms with E-state index in [2.05, 4.69) is 20.3 Å². The van der Waals surface area contributed by atoms with E-state index in [1.54, 1.807) is 18.2 Å². The molecule has 1 aromatic carbocycles. The molecular weight excluding hydrogens is 295 g/mol. The molecule has 2 heterocycles. The molecule has 2 N–H and O–H groups in total. The molecule has 1 amide bonds. The number of nitrogens with zero attached hydrogens (tertiary/aromatic N) is 2. The van der Waals surface area contributed by atoms with Gasteiger partial charge in [-0.1, -0.05) is 11.6 Å². The Morgan fingerprint density at radius 2 is 2.19 bits per heavy atom. The summed E-state index contributed by atoms with van der Waals surface area (Å²) >= 11 is 5.80. The highest BCUT2D eigenvalue weighted by molar-refractivity contribution is 6.33. The Morgan fingerprint density at radius 1 is 1.38 bits per heavy atom. The van der Waals surface area contributed by atoms with Crippen molar-refractivity contribution >= 4 is 34.2 Å². The van der Waals surface area contributed by atoms with E-state index in [4.69, 9.17) is 11.6 Å². The van der Waals surface area contributed by atoms with Crippen LogP contribution in [0.3, 0.4) is 0 Å². The molecule has 0 bridgehead atoms. The summed E-state index contributed by atoms with van der Waals surface area (Å²) in [7, 11) is 0. The van der Waals surface area contributed by atoms with E-state index in [1.165, 1.54) is 0 Å². The molecule has 0 aliphatic rings. The number of pyridine rings is 1. The Balaban J connectivity index is 1.90. The van der Waals surface area contributed by atoms with E-state index in [-0.39, 0.29) is 10.7 Å². The molecule has 0 radical (unpaired) electrons. The summed E-state index contributed by atoms with van der Waals surface area (Å²) in [6, 6.07) is 6.28. The number of aromatic nitrogens is 3. The second-order valence-corrected chi connectivity index (χ2v) is 4.86. The number of halogens is 2. The van der Waals surface area contributed by atoms with Crippen LogP contribution in [0.1, 0.15) is 16.2 Å². The maximum Gasteiger partial charge on any atom is 0.258 e. The first-order valence-electron chi connectivity index (χ1n) is 6.12. The van der Waals surface area contributed by atoms with Crippen LogP contribution in [0, 0.1) is 12.7 Å². The minimum Gasteiger partial charge on any atom is -0.342 e. The molecule has 0 atom stereocenters. The molecule has 21 heavy (non-hydrogen) atoms. The van der Waals surface area contributed by atoms with Crippen molar-refractivity contribution in [1.82, 2.24) is 15.0 Å². The highest BCUT2D eigenvalue weighted by Gasteiger charge is 2.13. The number of hydrogen-bond acceptors (Lipinski definition) is 3. The summed E-state index contributed by atoms with van der Waals surface area (Å²) in [6.07, 6.45) is 0.957. The van der Waals surface area contributed by atoms with Gasteiger partial charge in [-0.25, -0.2) is 14.4 Å². The van der Waals surface area contributed by atoms with Gasteiger partial charge in [-0.3, -0.25) is 4.79 Å². The van der Waals surface area contributed by atoms with Crippen molar-refractivity contribution in [2.45, 2.75) is 6.92 Å². The van der Waals surface area contributed by atoms with Gasteiger partial charge in [-0.15, -0.1) is 0 Å². The molecule has 3 rings (SSSR count). The fraction of sp³-hybridized carbons (Fsp3) is 0.0714. The second-order valence-electron chi connectivity index (χ2n) is 4.50. The predicted molar refractivity (Wildman–Crippen MR) is 78.0 cm³/mol. The normalized spacial score (nSPS) is 10.8. The van der Waals surface area contributed by atoms with E-state index in [0.717, 1.165) is 29.1 Å². The number of aryl methyl sites for hydroxylation is 1. The summed E-state index contributed by atoms with van der Waals surface area (Å²) in [5.74, 6) is -0.363. The van der Waals surface area contributed by atoms with Crippen molar-refractivity contribution in [2.75, 3.05) is 5.32 Å². The molecule has 0 unspecified atom stereocenters. The van der Waals surface area contributed by atoms with E-state index < -0.39 is 11.7 Å². The number of imidazole rings is 1. The van der Waals surface area contributed by atoms with Gasteiger partial charge in [0, 0.05) is 5.69 Å². The van der Waals surface area contributed by atoms with E-state index in [9.17, 15) is 9.18 Å². The fourth-order valence-electron chi connectivity index (χ4n) is 2.00. The third kappa shape index (κ3) is 2.71. The number of H-pyrrole nitrogens is 1. The van der Waals surface area contributed by atoms with Gasteiger partial charge in [-0.05, 0) is 31.2 Å². The third-order valence-electron chi connectivity index (χ3n) is 2.91. The highest BCUT2D eigenvalue weighted by atomic mass is 35.5. The molecule has 0 aliphatic heterocycles. The van der Waals surface area contributed by atoms with Crippen LogP contribution in [-0.2, 0) is 0 Å². The van der Waals surface area contributed by atoms with Crippen LogP contribution in [0.4, 0.5) is 10.1 Å². The van der Waals surface area contributed by atoms with Crippen molar-refractivity contribution in [1.29, 1.82) is 0 Å². The second kappa shape index (κ2) is 5.14. The number of benzene rings is 1. The van der Waals surface area contributed by atoms with Gasteiger partial charge >= 0.3 is 0 Å². The maximum absolute atomic E-state index is 13.1. The average Bonchev–Trinajstić information content (AvgIpc) is 2.80. The number of rotatable bonds is 2. The van der Waals surface area contributed by atoms with E-state index in [0.29, 0.717) is 5.69 Å². The first-order chi connectivity index (χ1) is 10.0. The molecular formula is C14H10ClFN4O. The molecule has 3 aromatic rings. The first-order valence-corrected chi connectivity index (χ1v) is 6.49. The number of carbonyl (C=O) groups excluding carboxylic acids is 1. The zero-order valence-corrected chi connectivity index (χ0v) is 11.7. The number of carbonyl (C=O) groups is 1. The van der Waals surface area contributed by atoms with Crippen LogP contribution in [0.25, 0.3) is 11.0 Å². The number of anilines is 1. The van der Waals surface area contributed by atoms with Crippen LogP contribution in [-0.4, -0.2) is 20.9 Å². The van der Waals surface area contributed by atoms with Crippen LogP contribution >= 0.6 is 11.6 Å². The Hall–Kier alpha value is -2.47. The Bertz CT molecular complexity index is 846. The maximum atomic E-state index is 13.1. The lowest BCUT2D eigenvalue weighted by molar-refractivity contribution is 0.102. The minimum atomic E-state index is -0.621. The standard InChI is InChI=1S/C14H10ClFN4O/c1-7-18-11-3-2-9(5-12(11)19-7)20-14(21)10-4-8(16)6-17-13(10)15/h2-6H,1H3,(H,18,19)(H,20,21). The van der Waals surface area contributed by atoms with Gasteiger partial charge in [0.15, 0.2) is 0 Å². The van der Waals surface area contributed by atoms with Crippen LogP contribution in [0.15, 0.2) is 30.5 Å². The quantitative estimate of drug-likeness (QED) is 0.714. The predicted octanol–water partition coefficient (Wildman–Crippen LogP) is 3.31. The van der Waals surface area contributed by atoms with Gasteiger partial charge in [0.25, 0.3) is 5.91 Å². The van der Waals surface area contributed by atoms with Crippen molar-refractivity contribution in [3.8, 4) is 0 Å². The zero-order chi connectivity index (χ0) is 15.0.